The first-order valence-corrected chi connectivity index (χ1v) is 7.28. The zero-order chi connectivity index (χ0) is 15.6. The maximum atomic E-state index is 12.1. The van der Waals surface area contributed by atoms with Crippen molar-refractivity contribution in [2.24, 2.45) is 0 Å². The Morgan fingerprint density at radius 2 is 2.00 bits per heavy atom. The van der Waals surface area contributed by atoms with Crippen molar-refractivity contribution in [1.29, 1.82) is 0 Å². The standard InChI is InChI=1S/C11H8ClN3O5S/c12-10-2-1-3-11(13-10)14-21(19,20)7-4-5-9(16)8(6-7)15(17)18/h1-6,16H,(H,13,14). The van der Waals surface area contributed by atoms with Crippen LogP contribution in [0.1, 0.15) is 0 Å². The number of aromatic nitrogens is 1. The molecule has 0 amide bonds. The van der Waals surface area contributed by atoms with E-state index < -0.39 is 26.4 Å². The van der Waals surface area contributed by atoms with Gasteiger partial charge in [0, 0.05) is 6.07 Å². The molecule has 2 N–H and O–H groups in total. The molecule has 0 aliphatic rings. The smallest absolute Gasteiger partial charge is 0.312 e. The highest BCUT2D eigenvalue weighted by Crippen LogP contribution is 2.28. The van der Waals surface area contributed by atoms with Crippen LogP contribution in [0.2, 0.25) is 5.15 Å². The van der Waals surface area contributed by atoms with E-state index >= 15 is 0 Å². The van der Waals surface area contributed by atoms with Gasteiger partial charge in [-0.15, -0.1) is 0 Å². The second-order valence-corrected chi connectivity index (χ2v) is 5.93. The van der Waals surface area contributed by atoms with E-state index in [1.165, 1.54) is 18.2 Å². The number of nitro benzene ring substituents is 1. The van der Waals surface area contributed by atoms with Crippen molar-refractivity contribution in [1.82, 2.24) is 4.98 Å². The van der Waals surface area contributed by atoms with E-state index in [9.17, 15) is 23.6 Å². The Morgan fingerprint density at radius 1 is 1.29 bits per heavy atom. The Kier molecular flexibility index (Phi) is 3.96. The molecule has 2 aromatic rings. The van der Waals surface area contributed by atoms with Crippen molar-refractivity contribution in [2.45, 2.75) is 4.90 Å². The number of benzene rings is 1. The van der Waals surface area contributed by atoms with Gasteiger partial charge in [-0.05, 0) is 24.3 Å². The number of anilines is 1. The van der Waals surface area contributed by atoms with Crippen LogP contribution in [0.15, 0.2) is 41.3 Å². The molecule has 0 spiro atoms. The summed E-state index contributed by atoms with van der Waals surface area (Å²) in [7, 11) is -4.09. The number of pyridine rings is 1. The quantitative estimate of drug-likeness (QED) is 0.503. The second-order valence-electron chi connectivity index (χ2n) is 3.86. The van der Waals surface area contributed by atoms with Gasteiger partial charge in [-0.3, -0.25) is 14.8 Å². The van der Waals surface area contributed by atoms with Crippen LogP contribution in [0, 0.1) is 10.1 Å². The van der Waals surface area contributed by atoms with Gasteiger partial charge in [0.25, 0.3) is 10.0 Å². The van der Waals surface area contributed by atoms with E-state index in [-0.39, 0.29) is 15.9 Å². The van der Waals surface area contributed by atoms with Gasteiger partial charge in [-0.25, -0.2) is 13.4 Å². The summed E-state index contributed by atoms with van der Waals surface area (Å²) in [5.74, 6) is -0.655. The minimum absolute atomic E-state index is 0.0294. The van der Waals surface area contributed by atoms with E-state index in [0.29, 0.717) is 0 Å². The van der Waals surface area contributed by atoms with Gasteiger partial charge >= 0.3 is 5.69 Å². The van der Waals surface area contributed by atoms with Crippen LogP contribution in [0.5, 0.6) is 5.75 Å². The minimum Gasteiger partial charge on any atom is -0.502 e. The number of nitrogens with one attached hydrogen (secondary N) is 1. The second kappa shape index (κ2) is 5.54. The topological polar surface area (TPSA) is 122 Å². The highest BCUT2D eigenvalue weighted by atomic mass is 35.5. The SMILES string of the molecule is O=[N+]([O-])c1cc(S(=O)(=O)Nc2cccc(Cl)n2)ccc1O. The normalized spacial score (nSPS) is 11.1. The average Bonchev–Trinajstić information content (AvgIpc) is 2.38. The lowest BCUT2D eigenvalue weighted by atomic mass is 10.3. The van der Waals surface area contributed by atoms with Gasteiger partial charge in [0.05, 0.1) is 9.82 Å². The van der Waals surface area contributed by atoms with E-state index in [2.05, 4.69) is 9.71 Å². The molecule has 0 saturated carbocycles. The van der Waals surface area contributed by atoms with E-state index in [1.807, 2.05) is 0 Å². The zero-order valence-corrected chi connectivity index (χ0v) is 11.8. The molecule has 0 fully saturated rings. The van der Waals surface area contributed by atoms with Gasteiger partial charge in [0.15, 0.2) is 5.75 Å². The Bertz CT molecular complexity index is 809. The number of nitrogens with zero attached hydrogens (tertiary/aromatic N) is 2. The molecule has 2 rings (SSSR count). The summed E-state index contributed by atoms with van der Waals surface area (Å²) in [5, 5.41) is 20.1. The molecule has 0 aliphatic heterocycles. The molecule has 0 bridgehead atoms. The van der Waals surface area contributed by atoms with Gasteiger partial charge < -0.3 is 5.11 Å². The Morgan fingerprint density at radius 3 is 2.62 bits per heavy atom. The summed E-state index contributed by atoms with van der Waals surface area (Å²) in [4.78, 5) is 13.2. The number of phenols is 1. The van der Waals surface area contributed by atoms with Gasteiger partial charge in [0.1, 0.15) is 11.0 Å². The van der Waals surface area contributed by atoms with Crippen LogP contribution in [-0.4, -0.2) is 23.4 Å². The summed E-state index contributed by atoms with van der Waals surface area (Å²) in [6.07, 6.45) is 0. The summed E-state index contributed by atoms with van der Waals surface area (Å²) in [6.45, 7) is 0. The number of sulfonamides is 1. The summed E-state index contributed by atoms with van der Waals surface area (Å²) in [5.41, 5.74) is -0.711. The predicted molar refractivity (Wildman–Crippen MR) is 74.8 cm³/mol. The first-order valence-electron chi connectivity index (χ1n) is 5.42. The molecular weight excluding hydrogens is 322 g/mol. The fourth-order valence-corrected chi connectivity index (χ4v) is 2.66. The van der Waals surface area contributed by atoms with Crippen molar-refractivity contribution >= 4 is 33.1 Å². The first kappa shape index (κ1) is 15.0. The lowest BCUT2D eigenvalue weighted by molar-refractivity contribution is -0.386. The number of halogens is 1. The number of hydrogen-bond acceptors (Lipinski definition) is 6. The van der Waals surface area contributed by atoms with Crippen LogP contribution in [0.25, 0.3) is 0 Å². The first-order chi connectivity index (χ1) is 9.79. The van der Waals surface area contributed by atoms with E-state index in [0.717, 1.165) is 18.2 Å². The van der Waals surface area contributed by atoms with Crippen LogP contribution >= 0.6 is 11.6 Å². The number of nitro groups is 1. The molecule has 0 radical (unpaired) electrons. The molecule has 0 aliphatic carbocycles. The van der Waals surface area contributed by atoms with E-state index in [1.54, 1.807) is 0 Å². The van der Waals surface area contributed by atoms with Crippen LogP contribution in [-0.2, 0) is 10.0 Å². The van der Waals surface area contributed by atoms with Crippen LogP contribution in [0.4, 0.5) is 11.5 Å². The van der Waals surface area contributed by atoms with Crippen molar-refractivity contribution in [3.05, 3.63) is 51.7 Å². The monoisotopic (exact) mass is 329 g/mol. The fourth-order valence-electron chi connectivity index (χ4n) is 1.48. The van der Waals surface area contributed by atoms with Crippen molar-refractivity contribution in [3.63, 3.8) is 0 Å². The lowest BCUT2D eigenvalue weighted by Gasteiger charge is -2.07. The molecule has 0 saturated heterocycles. The van der Waals surface area contributed by atoms with Crippen molar-refractivity contribution < 1.29 is 18.4 Å². The van der Waals surface area contributed by atoms with Crippen molar-refractivity contribution in [2.75, 3.05) is 4.72 Å². The van der Waals surface area contributed by atoms with E-state index in [4.69, 9.17) is 11.6 Å². The van der Waals surface area contributed by atoms with Crippen molar-refractivity contribution in [3.8, 4) is 5.75 Å². The largest absolute Gasteiger partial charge is 0.502 e. The highest BCUT2D eigenvalue weighted by Gasteiger charge is 2.21. The molecule has 1 aromatic carbocycles. The summed E-state index contributed by atoms with van der Waals surface area (Å²) < 4.78 is 26.3. The Hall–Kier alpha value is -2.39. The maximum absolute atomic E-state index is 12.1. The fraction of sp³-hybridized carbons (Fsp3) is 0. The summed E-state index contributed by atoms with van der Waals surface area (Å²) >= 11 is 5.64. The predicted octanol–water partition coefficient (Wildman–Crippen LogP) is 2.15. The third-order valence-corrected chi connectivity index (χ3v) is 3.97. The molecule has 10 heteroatoms. The number of hydrogen-bond donors (Lipinski definition) is 2. The Balaban J connectivity index is 2.40. The lowest BCUT2D eigenvalue weighted by Crippen LogP contribution is -2.14. The van der Waals surface area contributed by atoms with Gasteiger partial charge in [-0.1, -0.05) is 17.7 Å². The summed E-state index contributed by atoms with van der Waals surface area (Å²) in [6, 6.07) is 7.05. The van der Waals surface area contributed by atoms with Crippen LogP contribution in [0.3, 0.4) is 0 Å². The number of aromatic hydroxyl groups is 1. The highest BCUT2D eigenvalue weighted by molar-refractivity contribution is 7.92. The van der Waals surface area contributed by atoms with Gasteiger partial charge in [0.2, 0.25) is 0 Å². The zero-order valence-electron chi connectivity index (χ0n) is 10.2. The van der Waals surface area contributed by atoms with Crippen LogP contribution < -0.4 is 4.72 Å². The maximum Gasteiger partial charge on any atom is 0.312 e. The Labute approximate surface area is 124 Å². The molecule has 0 unspecified atom stereocenters. The van der Waals surface area contributed by atoms with Gasteiger partial charge in [-0.2, -0.15) is 0 Å². The average molecular weight is 330 g/mol. The molecule has 110 valence electrons. The third-order valence-electron chi connectivity index (χ3n) is 2.41. The molecule has 8 nitrogen and oxygen atoms in total. The minimum atomic E-state index is -4.09. The molecule has 1 heterocycles. The molecule has 1 aromatic heterocycles. The molecular formula is C11H8ClN3O5S. The molecule has 21 heavy (non-hydrogen) atoms. The number of rotatable bonds is 4. The molecule has 0 atom stereocenters. The third kappa shape index (κ3) is 3.38. The number of phenolic OH excluding ortho intramolecular Hbond substituents is 1.